The topological polar surface area (TPSA) is 93.9 Å². The fraction of sp³-hybridized carbons (Fsp3) is 0.154. The highest BCUT2D eigenvalue weighted by Gasteiger charge is 2.17. The fourth-order valence-corrected chi connectivity index (χ4v) is 1.82. The number of rotatable bonds is 4. The molecule has 2 rings (SSSR count). The predicted octanol–water partition coefficient (Wildman–Crippen LogP) is 1.62. The number of anilines is 1. The number of nitrogen functional groups attached to an aromatic ring is 1. The van der Waals surface area contributed by atoms with Gasteiger partial charge in [0.25, 0.3) is 0 Å². The number of carbonyl (C=O) groups is 1. The first-order chi connectivity index (χ1) is 9.62. The Morgan fingerprint density at radius 1 is 1.60 bits per heavy atom. The lowest BCUT2D eigenvalue weighted by Gasteiger charge is -2.03. The van der Waals surface area contributed by atoms with Crippen molar-refractivity contribution >= 4 is 12.1 Å². The normalized spacial score (nSPS) is 10.1. The summed E-state index contributed by atoms with van der Waals surface area (Å²) in [6.07, 6.45) is 0.535. The fourth-order valence-electron chi connectivity index (χ4n) is 1.82. The van der Waals surface area contributed by atoms with Gasteiger partial charge in [-0.1, -0.05) is 0 Å². The van der Waals surface area contributed by atoms with Crippen LogP contribution in [0.3, 0.4) is 0 Å². The van der Waals surface area contributed by atoms with E-state index >= 15 is 0 Å². The number of nitrogens with two attached hydrogens (primary N) is 1. The molecule has 0 aliphatic rings. The van der Waals surface area contributed by atoms with Gasteiger partial charge in [0, 0.05) is 5.56 Å². The zero-order valence-electron chi connectivity index (χ0n) is 10.6. The summed E-state index contributed by atoms with van der Waals surface area (Å²) in [4.78, 5) is 11.1. The number of hydrogen-bond donors (Lipinski definition) is 1. The smallest absolute Gasteiger partial charge is 0.165 e. The van der Waals surface area contributed by atoms with Gasteiger partial charge in [0.1, 0.15) is 18.1 Å². The van der Waals surface area contributed by atoms with Crippen molar-refractivity contribution in [3.63, 3.8) is 0 Å². The molecule has 2 aromatic rings. The van der Waals surface area contributed by atoms with Gasteiger partial charge in [-0.05, 0) is 18.2 Å². The lowest BCUT2D eigenvalue weighted by atomic mass is 10.1. The van der Waals surface area contributed by atoms with Gasteiger partial charge < -0.3 is 10.5 Å². The molecular formula is C13H11FN4O2. The van der Waals surface area contributed by atoms with E-state index in [0.717, 1.165) is 0 Å². The molecule has 1 aromatic carbocycles. The van der Waals surface area contributed by atoms with Gasteiger partial charge in [-0.2, -0.15) is 10.4 Å². The van der Waals surface area contributed by atoms with E-state index in [0.29, 0.717) is 11.8 Å². The van der Waals surface area contributed by atoms with Gasteiger partial charge in [-0.3, -0.25) is 4.79 Å². The Labute approximate surface area is 114 Å². The van der Waals surface area contributed by atoms with Crippen molar-refractivity contribution < 1.29 is 13.9 Å². The van der Waals surface area contributed by atoms with Crippen LogP contribution in [0, 0.1) is 17.1 Å². The lowest BCUT2D eigenvalue weighted by molar-refractivity contribution is 0.112. The molecule has 2 N–H and O–H groups in total. The van der Waals surface area contributed by atoms with Crippen molar-refractivity contribution in [1.82, 2.24) is 9.78 Å². The quantitative estimate of drug-likeness (QED) is 0.855. The third-order valence-electron chi connectivity index (χ3n) is 2.79. The van der Waals surface area contributed by atoms with Crippen molar-refractivity contribution in [1.29, 1.82) is 5.26 Å². The number of aldehydes is 1. The van der Waals surface area contributed by atoms with Crippen LogP contribution in [-0.2, 0) is 6.54 Å². The Bertz CT molecular complexity index is 703. The summed E-state index contributed by atoms with van der Waals surface area (Å²) >= 11 is 0. The van der Waals surface area contributed by atoms with Gasteiger partial charge >= 0.3 is 0 Å². The van der Waals surface area contributed by atoms with Crippen molar-refractivity contribution in [3.8, 4) is 23.1 Å². The van der Waals surface area contributed by atoms with E-state index in [1.54, 1.807) is 6.07 Å². The summed E-state index contributed by atoms with van der Waals surface area (Å²) < 4.78 is 19.7. The number of nitriles is 1. The first-order valence-electron chi connectivity index (χ1n) is 5.64. The highest BCUT2D eigenvalue weighted by atomic mass is 19.1. The maximum Gasteiger partial charge on any atom is 0.165 e. The van der Waals surface area contributed by atoms with Crippen LogP contribution >= 0.6 is 0 Å². The SMILES string of the molecule is COc1ccc(-c2nn(CC#N)c(N)c2C=O)cc1F. The average molecular weight is 274 g/mol. The molecule has 20 heavy (non-hydrogen) atoms. The molecule has 7 heteroatoms. The molecule has 102 valence electrons. The summed E-state index contributed by atoms with van der Waals surface area (Å²) in [7, 11) is 1.36. The van der Waals surface area contributed by atoms with Crippen LogP contribution in [0.2, 0.25) is 0 Å². The number of halogens is 1. The Morgan fingerprint density at radius 3 is 2.90 bits per heavy atom. The molecule has 1 aromatic heterocycles. The maximum atomic E-state index is 13.7. The Balaban J connectivity index is 2.57. The number of hydrogen-bond acceptors (Lipinski definition) is 5. The van der Waals surface area contributed by atoms with Gasteiger partial charge in [0.15, 0.2) is 17.9 Å². The van der Waals surface area contributed by atoms with Crippen molar-refractivity contribution in [3.05, 3.63) is 29.6 Å². The van der Waals surface area contributed by atoms with E-state index in [-0.39, 0.29) is 29.4 Å². The molecule has 0 unspecified atom stereocenters. The largest absolute Gasteiger partial charge is 0.494 e. The predicted molar refractivity (Wildman–Crippen MR) is 69.6 cm³/mol. The Kier molecular flexibility index (Phi) is 3.66. The average Bonchev–Trinajstić information content (AvgIpc) is 2.76. The molecule has 0 atom stereocenters. The second-order valence-electron chi connectivity index (χ2n) is 3.93. The molecule has 0 fully saturated rings. The van der Waals surface area contributed by atoms with Crippen molar-refractivity contribution in [2.24, 2.45) is 0 Å². The molecular weight excluding hydrogens is 263 g/mol. The van der Waals surface area contributed by atoms with E-state index in [4.69, 9.17) is 15.7 Å². The van der Waals surface area contributed by atoms with Crippen LogP contribution in [0.1, 0.15) is 10.4 Å². The van der Waals surface area contributed by atoms with Crippen LogP contribution < -0.4 is 10.5 Å². The van der Waals surface area contributed by atoms with Gasteiger partial charge in [-0.15, -0.1) is 0 Å². The number of methoxy groups -OCH3 is 1. The van der Waals surface area contributed by atoms with Gasteiger partial charge in [0.05, 0.1) is 18.7 Å². The van der Waals surface area contributed by atoms with E-state index in [2.05, 4.69) is 5.10 Å². The standard InChI is InChI=1S/C13H11FN4O2/c1-20-11-3-2-8(6-10(11)14)12-9(7-19)13(16)18(17-12)5-4-15/h2-3,6-7H,5,16H2,1H3. The highest BCUT2D eigenvalue weighted by molar-refractivity contribution is 5.91. The zero-order chi connectivity index (χ0) is 14.7. The minimum Gasteiger partial charge on any atom is -0.494 e. The van der Waals surface area contributed by atoms with E-state index in [9.17, 15) is 9.18 Å². The summed E-state index contributed by atoms with van der Waals surface area (Å²) in [6.45, 7) is -0.0920. The molecule has 0 aliphatic carbocycles. The molecule has 0 saturated heterocycles. The van der Waals surface area contributed by atoms with Crippen LogP contribution in [0.25, 0.3) is 11.3 Å². The lowest BCUT2D eigenvalue weighted by Crippen LogP contribution is -2.03. The van der Waals surface area contributed by atoms with Crippen LogP contribution in [0.4, 0.5) is 10.2 Å². The number of nitrogens with zero attached hydrogens (tertiary/aromatic N) is 3. The molecule has 6 nitrogen and oxygen atoms in total. The third kappa shape index (κ3) is 2.19. The molecule has 0 bridgehead atoms. The van der Waals surface area contributed by atoms with E-state index in [1.165, 1.54) is 23.9 Å². The van der Waals surface area contributed by atoms with Crippen LogP contribution in [0.5, 0.6) is 5.75 Å². The number of benzene rings is 1. The molecule has 0 spiro atoms. The summed E-state index contributed by atoms with van der Waals surface area (Å²) in [6, 6.07) is 6.07. The van der Waals surface area contributed by atoms with E-state index < -0.39 is 5.82 Å². The maximum absolute atomic E-state index is 13.7. The molecule has 0 amide bonds. The van der Waals surface area contributed by atoms with Crippen LogP contribution in [-0.4, -0.2) is 23.2 Å². The minimum absolute atomic E-state index is 0.0766. The minimum atomic E-state index is -0.574. The van der Waals surface area contributed by atoms with Crippen molar-refractivity contribution in [2.45, 2.75) is 6.54 Å². The van der Waals surface area contributed by atoms with Crippen LogP contribution in [0.15, 0.2) is 18.2 Å². The third-order valence-corrected chi connectivity index (χ3v) is 2.79. The monoisotopic (exact) mass is 274 g/mol. The summed E-state index contributed by atoms with van der Waals surface area (Å²) in [5, 5.41) is 12.7. The Morgan fingerprint density at radius 2 is 2.35 bits per heavy atom. The molecule has 0 saturated carbocycles. The molecule has 0 radical (unpaired) electrons. The second kappa shape index (κ2) is 5.40. The zero-order valence-corrected chi connectivity index (χ0v) is 10.6. The van der Waals surface area contributed by atoms with Crippen molar-refractivity contribution in [2.75, 3.05) is 12.8 Å². The summed E-state index contributed by atoms with van der Waals surface area (Å²) in [5.41, 5.74) is 6.48. The molecule has 1 heterocycles. The first-order valence-corrected chi connectivity index (χ1v) is 5.64. The Hall–Kier alpha value is -2.88. The highest BCUT2D eigenvalue weighted by Crippen LogP contribution is 2.29. The first kappa shape index (κ1) is 13.5. The van der Waals surface area contributed by atoms with Gasteiger partial charge in [-0.25, -0.2) is 9.07 Å². The van der Waals surface area contributed by atoms with E-state index in [1.807, 2.05) is 6.07 Å². The number of ether oxygens (including phenoxy) is 1. The van der Waals surface area contributed by atoms with Gasteiger partial charge in [0.2, 0.25) is 0 Å². The molecule has 0 aliphatic heterocycles. The second-order valence-corrected chi connectivity index (χ2v) is 3.93. The number of carbonyl (C=O) groups excluding carboxylic acids is 1. The summed E-state index contributed by atoms with van der Waals surface area (Å²) in [5.74, 6) is -0.408. The number of aromatic nitrogens is 2.